The minimum Gasteiger partial charge on any atom is -0.504 e. The van der Waals surface area contributed by atoms with Gasteiger partial charge in [-0.25, -0.2) is 0 Å². The molecular weight excluding hydrogens is 424 g/mol. The topological polar surface area (TPSA) is 105 Å². The highest BCUT2D eigenvalue weighted by molar-refractivity contribution is 6.09. The molecule has 0 spiro atoms. The van der Waals surface area contributed by atoms with Crippen LogP contribution >= 0.6 is 0 Å². The van der Waals surface area contributed by atoms with Crippen molar-refractivity contribution in [3.8, 4) is 11.5 Å². The SMILES string of the molecule is CCOC(=O)[C@]1(Cc2ccccc2)N[C@H](c2ccc(O)c(OC)c2)[C@@H]2C(=O)N(CC)C(=O)[C@H]21. The number of nitrogens with zero attached hydrogens (tertiary/aromatic N) is 1. The maximum atomic E-state index is 13.5. The fourth-order valence-corrected chi connectivity index (χ4v) is 5.15. The van der Waals surface area contributed by atoms with Gasteiger partial charge in [0.05, 0.1) is 25.6 Å². The van der Waals surface area contributed by atoms with Crippen LogP contribution in [0.2, 0.25) is 0 Å². The number of phenolic OH excluding ortho intramolecular Hbond substituents is 1. The predicted molar refractivity (Wildman–Crippen MR) is 119 cm³/mol. The number of aromatic hydroxyl groups is 1. The largest absolute Gasteiger partial charge is 0.504 e. The molecule has 4 rings (SSSR count). The van der Waals surface area contributed by atoms with Gasteiger partial charge in [0.2, 0.25) is 11.8 Å². The van der Waals surface area contributed by atoms with E-state index in [-0.39, 0.29) is 42.9 Å². The van der Waals surface area contributed by atoms with E-state index < -0.39 is 29.4 Å². The monoisotopic (exact) mass is 452 g/mol. The van der Waals surface area contributed by atoms with E-state index in [0.29, 0.717) is 5.56 Å². The van der Waals surface area contributed by atoms with Crippen LogP contribution in [0.25, 0.3) is 0 Å². The molecule has 2 fully saturated rings. The molecule has 4 atom stereocenters. The van der Waals surface area contributed by atoms with Crippen molar-refractivity contribution in [1.82, 2.24) is 10.2 Å². The number of benzene rings is 2. The molecule has 0 unspecified atom stereocenters. The molecule has 33 heavy (non-hydrogen) atoms. The lowest BCUT2D eigenvalue weighted by Gasteiger charge is -2.33. The van der Waals surface area contributed by atoms with Crippen LogP contribution in [-0.2, 0) is 25.5 Å². The number of ether oxygens (including phenoxy) is 2. The summed E-state index contributed by atoms with van der Waals surface area (Å²) in [5.74, 6) is -2.77. The molecule has 0 bridgehead atoms. The molecule has 2 N–H and O–H groups in total. The number of nitrogens with one attached hydrogen (secondary N) is 1. The van der Waals surface area contributed by atoms with Gasteiger partial charge in [-0.05, 0) is 37.1 Å². The van der Waals surface area contributed by atoms with Crippen molar-refractivity contribution < 1.29 is 29.0 Å². The first-order chi connectivity index (χ1) is 15.9. The van der Waals surface area contributed by atoms with Gasteiger partial charge in [0, 0.05) is 19.0 Å². The smallest absolute Gasteiger partial charge is 0.327 e. The van der Waals surface area contributed by atoms with E-state index in [0.717, 1.165) is 5.56 Å². The van der Waals surface area contributed by atoms with E-state index in [1.165, 1.54) is 18.1 Å². The summed E-state index contributed by atoms with van der Waals surface area (Å²) in [4.78, 5) is 41.6. The maximum absolute atomic E-state index is 13.5. The highest BCUT2D eigenvalue weighted by atomic mass is 16.5. The van der Waals surface area contributed by atoms with Crippen molar-refractivity contribution in [3.63, 3.8) is 0 Å². The Kier molecular flexibility index (Phi) is 6.12. The highest BCUT2D eigenvalue weighted by Crippen LogP contribution is 2.51. The van der Waals surface area contributed by atoms with E-state index in [1.807, 2.05) is 30.3 Å². The van der Waals surface area contributed by atoms with Gasteiger partial charge < -0.3 is 14.6 Å². The molecule has 0 aliphatic carbocycles. The highest BCUT2D eigenvalue weighted by Gasteiger charge is 2.68. The number of amides is 2. The van der Waals surface area contributed by atoms with Gasteiger partial charge in [-0.15, -0.1) is 0 Å². The third-order valence-corrected chi connectivity index (χ3v) is 6.59. The Morgan fingerprint density at radius 1 is 1.12 bits per heavy atom. The molecule has 174 valence electrons. The molecule has 2 aliphatic heterocycles. The Labute approximate surface area is 192 Å². The summed E-state index contributed by atoms with van der Waals surface area (Å²) in [7, 11) is 1.44. The van der Waals surface area contributed by atoms with Crippen LogP contribution < -0.4 is 10.1 Å². The lowest BCUT2D eigenvalue weighted by molar-refractivity contribution is -0.156. The number of methoxy groups -OCH3 is 1. The van der Waals surface area contributed by atoms with Gasteiger partial charge >= 0.3 is 5.97 Å². The lowest BCUT2D eigenvalue weighted by Crippen LogP contribution is -2.58. The number of fused-ring (bicyclic) bond motifs is 1. The average molecular weight is 453 g/mol. The number of likely N-dealkylation sites (tertiary alicyclic amines) is 1. The van der Waals surface area contributed by atoms with Crippen LogP contribution in [0.4, 0.5) is 0 Å². The quantitative estimate of drug-likeness (QED) is 0.490. The van der Waals surface area contributed by atoms with Gasteiger partial charge in [-0.3, -0.25) is 24.6 Å². The third-order valence-electron chi connectivity index (χ3n) is 6.59. The minimum atomic E-state index is -1.42. The zero-order valence-corrected chi connectivity index (χ0v) is 18.9. The molecule has 2 amide bonds. The molecule has 2 saturated heterocycles. The minimum absolute atomic E-state index is 0.0410. The lowest BCUT2D eigenvalue weighted by atomic mass is 9.76. The zero-order valence-electron chi connectivity index (χ0n) is 18.9. The summed E-state index contributed by atoms with van der Waals surface area (Å²) in [6.07, 6.45) is 0.191. The normalized spacial score (nSPS) is 26.4. The first-order valence-corrected chi connectivity index (χ1v) is 11.1. The van der Waals surface area contributed by atoms with Crippen molar-refractivity contribution in [3.05, 3.63) is 59.7 Å². The molecule has 0 saturated carbocycles. The maximum Gasteiger partial charge on any atom is 0.327 e. The Bertz CT molecular complexity index is 1070. The first-order valence-electron chi connectivity index (χ1n) is 11.1. The Morgan fingerprint density at radius 3 is 2.48 bits per heavy atom. The van der Waals surface area contributed by atoms with Crippen molar-refractivity contribution >= 4 is 17.8 Å². The first kappa shape index (κ1) is 22.8. The molecule has 2 aliphatic rings. The number of hydrogen-bond acceptors (Lipinski definition) is 7. The zero-order chi connectivity index (χ0) is 23.8. The van der Waals surface area contributed by atoms with Crippen molar-refractivity contribution in [2.45, 2.75) is 31.8 Å². The van der Waals surface area contributed by atoms with E-state index >= 15 is 0 Å². The van der Waals surface area contributed by atoms with Crippen molar-refractivity contribution in [2.75, 3.05) is 20.3 Å². The molecule has 2 heterocycles. The molecule has 0 radical (unpaired) electrons. The third kappa shape index (κ3) is 3.64. The number of carbonyl (C=O) groups is 3. The second-order valence-electron chi connectivity index (χ2n) is 8.33. The number of imide groups is 1. The summed E-state index contributed by atoms with van der Waals surface area (Å²) in [5.41, 5.74) is 0.0583. The summed E-state index contributed by atoms with van der Waals surface area (Å²) >= 11 is 0. The van der Waals surface area contributed by atoms with Crippen LogP contribution in [0.1, 0.15) is 31.0 Å². The predicted octanol–water partition coefficient (Wildman–Crippen LogP) is 2.21. The van der Waals surface area contributed by atoms with Crippen LogP contribution in [0, 0.1) is 11.8 Å². The standard InChI is InChI=1S/C25H28N2O6/c1-4-27-22(29)19-20(23(27)30)25(24(31)33-5-2,14-15-9-7-6-8-10-15)26-21(19)16-11-12-17(28)18(13-16)32-3/h6-13,19-21,26,28H,4-5,14H2,1-3H3/t19-,20+,21-,25-/m1/s1. The summed E-state index contributed by atoms with van der Waals surface area (Å²) in [5, 5.41) is 13.4. The number of esters is 1. The molecule has 2 aromatic carbocycles. The number of rotatable bonds is 7. The summed E-state index contributed by atoms with van der Waals surface area (Å²) < 4.78 is 10.7. The van der Waals surface area contributed by atoms with Gasteiger partial charge in [0.1, 0.15) is 5.54 Å². The van der Waals surface area contributed by atoms with E-state index in [1.54, 1.807) is 26.0 Å². The van der Waals surface area contributed by atoms with Crippen molar-refractivity contribution in [1.29, 1.82) is 0 Å². The molecule has 8 heteroatoms. The Hall–Kier alpha value is -3.39. The fourth-order valence-electron chi connectivity index (χ4n) is 5.15. The molecule has 2 aromatic rings. The van der Waals surface area contributed by atoms with E-state index in [2.05, 4.69) is 5.32 Å². The molecule has 8 nitrogen and oxygen atoms in total. The summed E-state index contributed by atoms with van der Waals surface area (Å²) in [6, 6.07) is 13.5. The van der Waals surface area contributed by atoms with Gasteiger partial charge in [0.15, 0.2) is 11.5 Å². The van der Waals surface area contributed by atoms with Crippen LogP contribution in [0.15, 0.2) is 48.5 Å². The molecule has 0 aromatic heterocycles. The number of phenols is 1. The van der Waals surface area contributed by atoms with Crippen LogP contribution in [0.5, 0.6) is 11.5 Å². The van der Waals surface area contributed by atoms with E-state index in [9.17, 15) is 19.5 Å². The van der Waals surface area contributed by atoms with Crippen LogP contribution in [-0.4, -0.2) is 53.6 Å². The van der Waals surface area contributed by atoms with Crippen LogP contribution in [0.3, 0.4) is 0 Å². The Morgan fingerprint density at radius 2 is 1.85 bits per heavy atom. The summed E-state index contributed by atoms with van der Waals surface area (Å²) in [6.45, 7) is 3.82. The van der Waals surface area contributed by atoms with E-state index in [4.69, 9.17) is 9.47 Å². The van der Waals surface area contributed by atoms with Gasteiger partial charge in [-0.1, -0.05) is 36.4 Å². The average Bonchev–Trinajstić information content (AvgIpc) is 3.29. The second kappa shape index (κ2) is 8.86. The number of hydrogen-bond donors (Lipinski definition) is 2. The fraction of sp³-hybridized carbons (Fsp3) is 0.400. The Balaban J connectivity index is 1.88. The second-order valence-corrected chi connectivity index (χ2v) is 8.33. The van der Waals surface area contributed by atoms with Gasteiger partial charge in [0.25, 0.3) is 0 Å². The molecular formula is C25H28N2O6. The number of carbonyl (C=O) groups excluding carboxylic acids is 3. The van der Waals surface area contributed by atoms with Crippen molar-refractivity contribution in [2.24, 2.45) is 11.8 Å². The van der Waals surface area contributed by atoms with Gasteiger partial charge in [-0.2, -0.15) is 0 Å².